The van der Waals surface area contributed by atoms with E-state index in [0.29, 0.717) is 12.8 Å². The molecule has 0 saturated heterocycles. The van der Waals surface area contributed by atoms with Crippen molar-refractivity contribution in [2.75, 3.05) is 20.6 Å². The Bertz CT molecular complexity index is 865. The molecular formula is C33H52NO3+. The topological polar surface area (TPSA) is 35.5 Å². The molecule has 0 amide bonds. The van der Waals surface area contributed by atoms with Crippen LogP contribution in [0.3, 0.4) is 0 Å². The number of unbranched alkanes of at least 4 members (excludes halogenated alkanes) is 8. The maximum atomic E-state index is 12.6. The Kier molecular flexibility index (Phi) is 15.0. The maximum absolute atomic E-state index is 12.6. The Hall–Kier alpha value is -2.33. The van der Waals surface area contributed by atoms with Gasteiger partial charge in [0, 0.05) is 18.4 Å². The lowest BCUT2D eigenvalue weighted by molar-refractivity contribution is -0.903. The fourth-order valence-corrected chi connectivity index (χ4v) is 4.80. The number of para-hydroxylation sites is 1. The lowest BCUT2D eigenvalue weighted by Gasteiger charge is -2.30. The Morgan fingerprint density at radius 3 is 2.08 bits per heavy atom. The molecule has 2 aromatic carbocycles. The summed E-state index contributed by atoms with van der Waals surface area (Å²) in [6.07, 6.45) is 14.2. The first-order valence-corrected chi connectivity index (χ1v) is 14.7. The second kappa shape index (κ2) is 18.0. The number of ether oxygens (including phenoxy) is 2. The van der Waals surface area contributed by atoms with Crippen LogP contribution in [0, 0.1) is 0 Å². The van der Waals surface area contributed by atoms with Crippen molar-refractivity contribution in [2.24, 2.45) is 0 Å². The second-order valence-electron chi connectivity index (χ2n) is 11.0. The van der Waals surface area contributed by atoms with E-state index in [0.717, 1.165) is 36.2 Å². The van der Waals surface area contributed by atoms with Gasteiger partial charge in [-0.05, 0) is 24.5 Å². The molecule has 0 spiro atoms. The van der Waals surface area contributed by atoms with Crippen molar-refractivity contribution in [1.29, 1.82) is 0 Å². The van der Waals surface area contributed by atoms with E-state index in [1.165, 1.54) is 68.9 Å². The van der Waals surface area contributed by atoms with E-state index >= 15 is 0 Å². The highest BCUT2D eigenvalue weighted by molar-refractivity contribution is 5.69. The number of hydrogen-bond acceptors (Lipinski definition) is 3. The summed E-state index contributed by atoms with van der Waals surface area (Å²) >= 11 is 0. The number of benzene rings is 2. The van der Waals surface area contributed by atoms with Gasteiger partial charge < -0.3 is 14.0 Å². The molecule has 0 aliphatic rings. The minimum absolute atomic E-state index is 0.178. The average molecular weight is 511 g/mol. The SMILES string of the molecule is CCCCCCCCCCCc1ccccc1OC(CC)OC(=O)CCC[N+](C)(C)Cc1ccccc1. The molecule has 0 aromatic heterocycles. The first kappa shape index (κ1) is 30.9. The van der Waals surface area contributed by atoms with E-state index in [1.54, 1.807) is 0 Å². The van der Waals surface area contributed by atoms with Gasteiger partial charge in [-0.2, -0.15) is 0 Å². The molecule has 0 aliphatic carbocycles. The van der Waals surface area contributed by atoms with Crippen LogP contribution in [0.15, 0.2) is 54.6 Å². The van der Waals surface area contributed by atoms with Crippen molar-refractivity contribution in [3.63, 3.8) is 0 Å². The van der Waals surface area contributed by atoms with Crippen molar-refractivity contribution < 1.29 is 18.8 Å². The molecule has 4 nitrogen and oxygen atoms in total. The van der Waals surface area contributed by atoms with Gasteiger partial charge in [-0.1, -0.05) is 114 Å². The number of nitrogens with zero attached hydrogens (tertiary/aromatic N) is 1. The van der Waals surface area contributed by atoms with Gasteiger partial charge >= 0.3 is 5.97 Å². The quantitative estimate of drug-likeness (QED) is 0.0775. The molecule has 0 aliphatic heterocycles. The zero-order chi connectivity index (χ0) is 26.8. The molecule has 1 unspecified atom stereocenters. The van der Waals surface area contributed by atoms with Crippen LogP contribution in [-0.2, 0) is 22.5 Å². The molecular weight excluding hydrogens is 458 g/mol. The van der Waals surface area contributed by atoms with Gasteiger partial charge in [0.05, 0.1) is 27.1 Å². The van der Waals surface area contributed by atoms with Gasteiger partial charge in [0.1, 0.15) is 12.3 Å². The number of esters is 1. The number of aryl methyl sites for hydroxylation is 1. The minimum Gasteiger partial charge on any atom is -0.455 e. The second-order valence-corrected chi connectivity index (χ2v) is 11.0. The third-order valence-electron chi connectivity index (χ3n) is 6.97. The number of carbonyl (C=O) groups is 1. The van der Waals surface area contributed by atoms with Crippen LogP contribution in [0.25, 0.3) is 0 Å². The van der Waals surface area contributed by atoms with Gasteiger partial charge in [-0.25, -0.2) is 0 Å². The van der Waals surface area contributed by atoms with Crippen molar-refractivity contribution in [2.45, 2.75) is 110 Å². The molecule has 1 atom stereocenters. The summed E-state index contributed by atoms with van der Waals surface area (Å²) in [5.41, 5.74) is 2.52. The molecule has 2 rings (SSSR count). The van der Waals surface area contributed by atoms with Crippen LogP contribution in [0.1, 0.15) is 102 Å². The number of rotatable bonds is 20. The largest absolute Gasteiger partial charge is 0.455 e. The van der Waals surface area contributed by atoms with Gasteiger partial charge in [-0.3, -0.25) is 4.79 Å². The monoisotopic (exact) mass is 510 g/mol. The Morgan fingerprint density at radius 1 is 0.784 bits per heavy atom. The Balaban J connectivity index is 1.71. The third kappa shape index (κ3) is 13.7. The zero-order valence-corrected chi connectivity index (χ0v) is 24.1. The Morgan fingerprint density at radius 2 is 1.41 bits per heavy atom. The summed E-state index contributed by atoms with van der Waals surface area (Å²) in [5.74, 6) is 0.672. The van der Waals surface area contributed by atoms with Crippen LogP contribution in [0.5, 0.6) is 5.75 Å². The van der Waals surface area contributed by atoms with Gasteiger partial charge in [0.2, 0.25) is 6.29 Å². The number of carbonyl (C=O) groups excluding carboxylic acids is 1. The maximum Gasteiger partial charge on any atom is 0.309 e. The highest BCUT2D eigenvalue weighted by Crippen LogP contribution is 2.23. The van der Waals surface area contributed by atoms with E-state index in [2.05, 4.69) is 57.4 Å². The standard InChI is InChI=1S/C33H52NO3/c1-5-7-8-9-10-11-12-13-17-23-30-24-18-19-25-31(30)36-33(6-2)37-32(35)26-20-27-34(3,4)28-29-21-15-14-16-22-29/h14-16,18-19,21-22,24-25,33H,5-13,17,20,23,26-28H2,1-4H3/q+1. The van der Waals surface area contributed by atoms with Crippen LogP contribution < -0.4 is 4.74 Å². The van der Waals surface area contributed by atoms with Crippen LogP contribution in [-0.4, -0.2) is 37.4 Å². The lowest BCUT2D eigenvalue weighted by Crippen LogP contribution is -2.39. The zero-order valence-electron chi connectivity index (χ0n) is 24.1. The number of quaternary nitrogens is 1. The van der Waals surface area contributed by atoms with Gasteiger partial charge in [-0.15, -0.1) is 0 Å². The summed E-state index contributed by atoms with van der Waals surface area (Å²) in [7, 11) is 4.42. The van der Waals surface area contributed by atoms with Gasteiger partial charge in [0.25, 0.3) is 0 Å². The molecule has 37 heavy (non-hydrogen) atoms. The first-order valence-electron chi connectivity index (χ1n) is 14.7. The van der Waals surface area contributed by atoms with Crippen LogP contribution in [0.2, 0.25) is 0 Å². The predicted octanol–water partition coefficient (Wildman–Crippen LogP) is 8.47. The summed E-state index contributed by atoms with van der Waals surface area (Å²) in [4.78, 5) is 12.6. The summed E-state index contributed by atoms with van der Waals surface area (Å²) in [6, 6.07) is 18.7. The molecule has 0 radical (unpaired) electrons. The molecule has 0 saturated carbocycles. The molecule has 4 heteroatoms. The highest BCUT2D eigenvalue weighted by atomic mass is 16.7. The lowest BCUT2D eigenvalue weighted by atomic mass is 10.0. The molecule has 0 bridgehead atoms. The van der Waals surface area contributed by atoms with Gasteiger partial charge in [0.15, 0.2) is 0 Å². The number of hydrogen-bond donors (Lipinski definition) is 0. The summed E-state index contributed by atoms with van der Waals surface area (Å²) in [5, 5.41) is 0. The first-order chi connectivity index (χ1) is 17.9. The van der Waals surface area contributed by atoms with Crippen LogP contribution >= 0.6 is 0 Å². The summed E-state index contributed by atoms with van der Waals surface area (Å²) in [6.45, 7) is 6.14. The van der Waals surface area contributed by atoms with Crippen LogP contribution in [0.4, 0.5) is 0 Å². The molecule has 0 N–H and O–H groups in total. The van der Waals surface area contributed by atoms with E-state index in [4.69, 9.17) is 9.47 Å². The molecule has 0 fully saturated rings. The highest BCUT2D eigenvalue weighted by Gasteiger charge is 2.19. The fourth-order valence-electron chi connectivity index (χ4n) is 4.80. The van der Waals surface area contributed by atoms with Crippen molar-refractivity contribution in [3.05, 3.63) is 65.7 Å². The fraction of sp³-hybridized carbons (Fsp3) is 0.606. The van der Waals surface area contributed by atoms with Crippen molar-refractivity contribution >= 4 is 5.97 Å². The molecule has 0 heterocycles. The normalized spacial score (nSPS) is 12.3. The third-order valence-corrected chi connectivity index (χ3v) is 6.97. The van der Waals surface area contributed by atoms with E-state index in [9.17, 15) is 4.79 Å². The predicted molar refractivity (Wildman–Crippen MR) is 155 cm³/mol. The smallest absolute Gasteiger partial charge is 0.309 e. The van der Waals surface area contributed by atoms with E-state index < -0.39 is 6.29 Å². The molecule has 206 valence electrons. The molecule has 2 aromatic rings. The summed E-state index contributed by atoms with van der Waals surface area (Å²) < 4.78 is 12.7. The van der Waals surface area contributed by atoms with E-state index in [-0.39, 0.29) is 5.97 Å². The Labute approximate surface area is 227 Å². The minimum atomic E-state index is -0.538. The van der Waals surface area contributed by atoms with Crippen molar-refractivity contribution in [1.82, 2.24) is 0 Å². The van der Waals surface area contributed by atoms with Crippen molar-refractivity contribution in [3.8, 4) is 5.75 Å². The van der Waals surface area contributed by atoms with E-state index in [1.807, 2.05) is 25.1 Å². The average Bonchev–Trinajstić information content (AvgIpc) is 2.88.